The van der Waals surface area contributed by atoms with E-state index in [1.807, 2.05) is 72.1 Å². The third-order valence-electron chi connectivity index (χ3n) is 11.1. The molecule has 3 N–H and O–H groups in total. The molecule has 15 heteroatoms. The van der Waals surface area contributed by atoms with Crippen molar-refractivity contribution in [1.82, 2.24) is 39.5 Å². The van der Waals surface area contributed by atoms with E-state index in [1.54, 1.807) is 27.5 Å². The molecule has 6 aromatic rings. The monoisotopic (exact) mass is 794 g/mol. The van der Waals surface area contributed by atoms with Crippen LogP contribution < -0.4 is 20.5 Å². The number of hydrogen-bond acceptors (Lipinski definition) is 12. The second kappa shape index (κ2) is 16.8. The van der Waals surface area contributed by atoms with Crippen LogP contribution in [0.15, 0.2) is 64.7 Å². The van der Waals surface area contributed by atoms with Gasteiger partial charge in [-0.25, -0.2) is 19.9 Å². The number of rotatable bonds is 14. The minimum absolute atomic E-state index is 0.0210. The molecule has 0 bridgehead atoms. The fourth-order valence-corrected chi connectivity index (χ4v) is 8.35. The van der Waals surface area contributed by atoms with E-state index < -0.39 is 0 Å². The summed E-state index contributed by atoms with van der Waals surface area (Å²) >= 11 is 0. The van der Waals surface area contributed by atoms with E-state index in [9.17, 15) is 0 Å². The topological polar surface area (TPSA) is 178 Å². The molecule has 2 aliphatic carbocycles. The van der Waals surface area contributed by atoms with Crippen molar-refractivity contribution in [3.63, 3.8) is 0 Å². The van der Waals surface area contributed by atoms with Crippen LogP contribution in [0.25, 0.3) is 33.8 Å². The molecule has 8 rings (SSSR count). The summed E-state index contributed by atoms with van der Waals surface area (Å²) < 4.78 is 20.3. The first kappa shape index (κ1) is 39.4. The van der Waals surface area contributed by atoms with E-state index in [-0.39, 0.29) is 11.8 Å². The van der Waals surface area contributed by atoms with Gasteiger partial charge in [0.25, 0.3) is 5.95 Å². The van der Waals surface area contributed by atoms with Gasteiger partial charge in [-0.3, -0.25) is 14.4 Å². The number of para-hydroxylation sites is 2. The van der Waals surface area contributed by atoms with Crippen LogP contribution in [0.5, 0.6) is 11.5 Å². The molecule has 0 amide bonds. The number of ether oxygens (including phenoxy) is 3. The zero-order chi connectivity index (χ0) is 41.2. The molecule has 2 atom stereocenters. The van der Waals surface area contributed by atoms with Crippen molar-refractivity contribution in [2.24, 2.45) is 29.8 Å². The molecule has 15 nitrogen and oxygen atoms in total. The summed E-state index contributed by atoms with van der Waals surface area (Å²) in [6, 6.07) is 15.8. The summed E-state index contributed by atoms with van der Waals surface area (Å²) in [5, 5.41) is 13.5. The van der Waals surface area contributed by atoms with Crippen molar-refractivity contribution in [2.75, 3.05) is 39.8 Å². The molecule has 304 valence electrons. The highest BCUT2D eigenvalue weighted by molar-refractivity contribution is 5.94. The number of benzene rings is 2. The maximum Gasteiger partial charge on any atom is 0.251 e. The Balaban J connectivity index is 1.21. The van der Waals surface area contributed by atoms with Gasteiger partial charge in [0.05, 0.1) is 72.9 Å². The molecule has 4 aromatic heterocycles. The molecule has 0 spiro atoms. The highest BCUT2D eigenvalue weighted by atomic mass is 16.5. The number of fused-ring (bicyclic) bond motifs is 6. The Labute approximate surface area is 343 Å². The molecule has 2 unspecified atom stereocenters. The Bertz CT molecular complexity index is 2570. The highest BCUT2D eigenvalue weighted by Crippen LogP contribution is 2.45. The quantitative estimate of drug-likeness (QED) is 0.0682. The van der Waals surface area contributed by atoms with Crippen LogP contribution in [0.1, 0.15) is 66.0 Å². The van der Waals surface area contributed by atoms with Crippen LogP contribution in [0.4, 0.5) is 17.6 Å². The molecule has 2 aromatic carbocycles. The fraction of sp³-hybridized carbons (Fsp3) is 0.364. The van der Waals surface area contributed by atoms with Crippen molar-refractivity contribution in [1.29, 1.82) is 0 Å². The van der Waals surface area contributed by atoms with Gasteiger partial charge in [-0.15, -0.1) is 0 Å². The lowest BCUT2D eigenvalue weighted by atomic mass is 9.82. The number of anilines is 2. The summed E-state index contributed by atoms with van der Waals surface area (Å²) in [7, 11) is 8.97. The number of aliphatic imine (C=N–C) groups is 2. The summed E-state index contributed by atoms with van der Waals surface area (Å²) in [4.78, 5) is 29.3. The number of amidine groups is 1. The Morgan fingerprint density at radius 2 is 1.80 bits per heavy atom. The molecule has 4 heterocycles. The van der Waals surface area contributed by atoms with Gasteiger partial charge in [0, 0.05) is 73.8 Å². The predicted molar refractivity (Wildman–Crippen MR) is 230 cm³/mol. The maximum atomic E-state index is 6.49. The van der Waals surface area contributed by atoms with Crippen LogP contribution in [0.3, 0.4) is 0 Å². The first-order valence-electron chi connectivity index (χ1n) is 19.9. The van der Waals surface area contributed by atoms with E-state index in [4.69, 9.17) is 55.1 Å². The Hall–Kier alpha value is -6.48. The van der Waals surface area contributed by atoms with E-state index in [2.05, 4.69) is 30.2 Å². The number of aromatic nitrogens is 8. The molecule has 0 saturated heterocycles. The number of nitrogens with zero attached hydrogens (tertiary/aromatic N) is 10. The van der Waals surface area contributed by atoms with Gasteiger partial charge < -0.3 is 25.3 Å². The first-order valence-corrected chi connectivity index (χ1v) is 19.9. The molecule has 0 radical (unpaired) electrons. The van der Waals surface area contributed by atoms with Crippen molar-refractivity contribution >= 4 is 29.6 Å². The standard InChI is InChI=1S/C44H50N12O3/c1-25-21-34-38(40-30(25)24-47-43(51-40)48-31-13-8-9-14-35(31)59-7)41(55(3)54-34)26(2)22-33-29-15-16-32-37(42(56(4)53-32)27-11-10-12-28(23-27)58-6)39(29)52-44(49-33)50-36(45)17-18-46-19-20-57-5/h8-14,18,23-26H,15-17,19-22H2,1-7H3,(H,47,48,51)(H2,45,49,50,52). The van der Waals surface area contributed by atoms with Crippen LogP contribution in [0, 0.1) is 0 Å². The fourth-order valence-electron chi connectivity index (χ4n) is 8.35. The van der Waals surface area contributed by atoms with E-state index >= 15 is 0 Å². The third-order valence-corrected chi connectivity index (χ3v) is 11.1. The molecular weight excluding hydrogens is 745 g/mol. The van der Waals surface area contributed by atoms with Crippen LogP contribution in [0.2, 0.25) is 0 Å². The average molecular weight is 795 g/mol. The van der Waals surface area contributed by atoms with Gasteiger partial charge in [0.2, 0.25) is 5.95 Å². The molecule has 59 heavy (non-hydrogen) atoms. The highest BCUT2D eigenvalue weighted by Gasteiger charge is 2.34. The second-order valence-electron chi connectivity index (χ2n) is 15.1. The zero-order valence-electron chi connectivity index (χ0n) is 34.7. The molecule has 0 fully saturated rings. The van der Waals surface area contributed by atoms with Crippen LogP contribution >= 0.6 is 0 Å². The lowest BCUT2D eigenvalue weighted by Crippen LogP contribution is -2.16. The molecular formula is C44H50N12O3. The number of methoxy groups -OCH3 is 3. The first-order chi connectivity index (χ1) is 28.7. The van der Waals surface area contributed by atoms with E-state index in [0.29, 0.717) is 49.5 Å². The third kappa shape index (κ3) is 7.77. The minimum Gasteiger partial charge on any atom is -0.497 e. The zero-order valence-corrected chi connectivity index (χ0v) is 34.7. The molecule has 0 aliphatic heterocycles. The lowest BCUT2D eigenvalue weighted by Gasteiger charge is -2.24. The SMILES string of the molecule is COCCN=CCC(N)=Nc1nc(CC(C)c2c3c(nn2C)CC(C)c2cnc(Nc4ccccc4OC)nc2-3)c2c(n1)-c1c(nn(C)c1-c1cccc(OC)c1)CC2. The normalized spacial score (nSPS) is 15.0. The predicted octanol–water partition coefficient (Wildman–Crippen LogP) is 6.70. The number of nitrogens with one attached hydrogen (secondary N) is 1. The summed E-state index contributed by atoms with van der Waals surface area (Å²) in [6.45, 7) is 5.51. The minimum atomic E-state index is -0.0210. The van der Waals surface area contributed by atoms with E-state index in [1.165, 1.54) is 0 Å². The Kier molecular flexibility index (Phi) is 11.2. The largest absolute Gasteiger partial charge is 0.497 e. The van der Waals surface area contributed by atoms with Crippen LogP contribution in [-0.4, -0.2) is 86.0 Å². The molecule has 0 saturated carbocycles. The van der Waals surface area contributed by atoms with Gasteiger partial charge in [-0.2, -0.15) is 15.2 Å². The van der Waals surface area contributed by atoms with Crippen molar-refractivity contribution in [3.8, 4) is 45.3 Å². The van der Waals surface area contributed by atoms with Gasteiger partial charge in [0.1, 0.15) is 17.3 Å². The van der Waals surface area contributed by atoms with Gasteiger partial charge >= 0.3 is 0 Å². The van der Waals surface area contributed by atoms with E-state index in [0.717, 1.165) is 98.4 Å². The van der Waals surface area contributed by atoms with Gasteiger partial charge in [-0.1, -0.05) is 38.1 Å². The Morgan fingerprint density at radius 1 is 0.966 bits per heavy atom. The Morgan fingerprint density at radius 3 is 2.61 bits per heavy atom. The van der Waals surface area contributed by atoms with Crippen LogP contribution in [-0.2, 0) is 44.5 Å². The van der Waals surface area contributed by atoms with Crippen molar-refractivity contribution < 1.29 is 14.2 Å². The van der Waals surface area contributed by atoms with Crippen molar-refractivity contribution in [2.45, 2.75) is 57.8 Å². The second-order valence-corrected chi connectivity index (χ2v) is 15.1. The summed E-state index contributed by atoms with van der Waals surface area (Å²) in [6.07, 6.45) is 6.93. The van der Waals surface area contributed by atoms with Crippen molar-refractivity contribution in [3.05, 3.63) is 88.6 Å². The maximum absolute atomic E-state index is 6.49. The average Bonchev–Trinajstić information content (AvgIpc) is 3.76. The van der Waals surface area contributed by atoms with Gasteiger partial charge in [0.15, 0.2) is 0 Å². The number of hydrogen-bond donors (Lipinski definition) is 2. The lowest BCUT2D eigenvalue weighted by molar-refractivity contribution is 0.208. The number of nitrogens with two attached hydrogens (primary N) is 1. The number of aryl methyl sites for hydroxylation is 3. The van der Waals surface area contributed by atoms with Gasteiger partial charge in [-0.05, 0) is 55.9 Å². The summed E-state index contributed by atoms with van der Waals surface area (Å²) in [5.41, 5.74) is 19.1. The summed E-state index contributed by atoms with van der Waals surface area (Å²) in [5.74, 6) is 2.81. The smallest absolute Gasteiger partial charge is 0.251 e. The molecule has 2 aliphatic rings.